The van der Waals surface area contributed by atoms with Gasteiger partial charge in [0.05, 0.1) is 27.1 Å². The summed E-state index contributed by atoms with van der Waals surface area (Å²) < 4.78 is 12.3. The second-order valence-corrected chi connectivity index (χ2v) is 11.0. The van der Waals surface area contributed by atoms with Gasteiger partial charge in [0.25, 0.3) is 0 Å². The molecular weight excluding hydrogens is 454 g/mol. The fourth-order valence-electron chi connectivity index (χ4n) is 4.27. The zero-order valence-electron chi connectivity index (χ0n) is 17.8. The summed E-state index contributed by atoms with van der Waals surface area (Å²) >= 11 is 5.56. The van der Waals surface area contributed by atoms with Crippen molar-refractivity contribution in [2.45, 2.75) is 13.8 Å². The fourth-order valence-corrected chi connectivity index (χ4v) is 8.57. The molecule has 0 spiro atoms. The molecule has 0 saturated carbocycles. The first kappa shape index (κ1) is 19.7. The first-order valence-electron chi connectivity index (χ1n) is 10.2. The molecule has 158 valence electrons. The van der Waals surface area contributed by atoms with Gasteiger partial charge >= 0.3 is 0 Å². The lowest BCUT2D eigenvalue weighted by Gasteiger charge is -2.02. The molecule has 0 aliphatic rings. The third-order valence-electron chi connectivity index (χ3n) is 5.86. The number of oxazole rings is 1. The molecule has 0 saturated heterocycles. The van der Waals surface area contributed by atoms with E-state index in [0.29, 0.717) is 0 Å². The number of hydrogen-bond acceptors (Lipinski definition) is 6. The van der Waals surface area contributed by atoms with Crippen LogP contribution in [0.2, 0.25) is 0 Å². The van der Waals surface area contributed by atoms with E-state index in [4.69, 9.17) is 9.15 Å². The second kappa shape index (κ2) is 7.59. The number of benzene rings is 2. The summed E-state index contributed by atoms with van der Waals surface area (Å²) in [7, 11) is 1.70. The molecule has 4 aromatic heterocycles. The highest BCUT2D eigenvalue weighted by Crippen LogP contribution is 2.52. The number of nitrogens with zero attached hydrogens (tertiary/aromatic N) is 1. The van der Waals surface area contributed by atoms with Gasteiger partial charge in [-0.25, -0.2) is 4.98 Å². The van der Waals surface area contributed by atoms with Gasteiger partial charge in [0.2, 0.25) is 0 Å². The highest BCUT2D eigenvalue weighted by Gasteiger charge is 2.23. The molecule has 6 heteroatoms. The predicted octanol–water partition coefficient (Wildman–Crippen LogP) is 8.79. The molecule has 6 rings (SSSR count). The van der Waals surface area contributed by atoms with Gasteiger partial charge in [-0.05, 0) is 54.8 Å². The van der Waals surface area contributed by atoms with E-state index in [0.717, 1.165) is 11.5 Å². The van der Waals surface area contributed by atoms with Crippen molar-refractivity contribution < 1.29 is 9.15 Å². The molecule has 0 bridgehead atoms. The van der Waals surface area contributed by atoms with Crippen LogP contribution in [-0.4, -0.2) is 12.1 Å². The van der Waals surface area contributed by atoms with Crippen LogP contribution in [0.4, 0.5) is 0 Å². The lowest BCUT2D eigenvalue weighted by molar-refractivity contribution is 0.415. The molecule has 0 unspecified atom stereocenters. The topological polar surface area (TPSA) is 35.3 Å². The van der Waals surface area contributed by atoms with Crippen LogP contribution in [0, 0.1) is 13.8 Å². The molecule has 6 aromatic rings. The van der Waals surface area contributed by atoms with Crippen LogP contribution >= 0.6 is 34.0 Å². The van der Waals surface area contributed by atoms with Crippen molar-refractivity contribution in [2.24, 2.45) is 0 Å². The van der Waals surface area contributed by atoms with E-state index in [1.165, 1.54) is 62.8 Å². The second-order valence-electron chi connectivity index (χ2n) is 7.67. The van der Waals surface area contributed by atoms with Gasteiger partial charge in [-0.2, -0.15) is 0 Å². The normalized spacial score (nSPS) is 11.6. The molecule has 0 atom stereocenters. The molecule has 0 N–H and O–H groups in total. The molecule has 3 nitrogen and oxygen atoms in total. The number of aromatic nitrogens is 1. The van der Waals surface area contributed by atoms with E-state index < -0.39 is 0 Å². The van der Waals surface area contributed by atoms with Crippen LogP contribution in [0.1, 0.15) is 11.1 Å². The van der Waals surface area contributed by atoms with Crippen LogP contribution in [0.3, 0.4) is 0 Å². The number of aryl methyl sites for hydroxylation is 2. The Kier molecular flexibility index (Phi) is 4.68. The van der Waals surface area contributed by atoms with Gasteiger partial charge < -0.3 is 9.15 Å². The number of hydrogen-bond donors (Lipinski definition) is 0. The predicted molar refractivity (Wildman–Crippen MR) is 137 cm³/mol. The van der Waals surface area contributed by atoms with Crippen molar-refractivity contribution in [1.29, 1.82) is 0 Å². The number of ether oxygens (including phenoxy) is 1. The Morgan fingerprint density at radius 2 is 1.47 bits per heavy atom. The average Bonchev–Trinajstić information content (AvgIpc) is 3.59. The fraction of sp³-hybridized carbons (Fsp3) is 0.115. The van der Waals surface area contributed by atoms with Crippen molar-refractivity contribution in [1.82, 2.24) is 4.98 Å². The smallest absolute Gasteiger partial charge is 0.181 e. The number of fused-ring (bicyclic) bond motifs is 2. The highest BCUT2D eigenvalue weighted by atomic mass is 32.2. The minimum atomic E-state index is 0.847. The average molecular weight is 474 g/mol. The zero-order chi connectivity index (χ0) is 21.8. The van der Waals surface area contributed by atoms with E-state index in [-0.39, 0.29) is 0 Å². The molecular formula is C26H19NO2S3. The zero-order valence-corrected chi connectivity index (χ0v) is 20.2. The van der Waals surface area contributed by atoms with E-state index >= 15 is 0 Å². The number of thiophene rings is 3. The maximum atomic E-state index is 5.58. The van der Waals surface area contributed by atoms with E-state index in [9.17, 15) is 0 Å². The van der Waals surface area contributed by atoms with Crippen molar-refractivity contribution >= 4 is 54.2 Å². The first-order chi connectivity index (χ1) is 15.7. The largest absolute Gasteiger partial charge is 0.497 e. The molecule has 32 heavy (non-hydrogen) atoms. The molecule has 2 aromatic carbocycles. The van der Waals surface area contributed by atoms with Gasteiger partial charge in [-0.15, -0.1) is 34.0 Å². The summed E-state index contributed by atoms with van der Waals surface area (Å²) in [6.07, 6.45) is 3.30. The molecule has 0 fully saturated rings. The van der Waals surface area contributed by atoms with E-state index in [1.54, 1.807) is 24.6 Å². The Hall–Kier alpha value is -2.93. The summed E-state index contributed by atoms with van der Waals surface area (Å²) in [5.74, 6) is 1.72. The maximum absolute atomic E-state index is 5.58. The quantitative estimate of drug-likeness (QED) is 0.257. The van der Waals surface area contributed by atoms with Crippen LogP contribution in [0.15, 0.2) is 65.5 Å². The SMILES string of the molecule is COc1ccc(-c2sc(-c3sc4sc(-c5cnco5)c(C)c4c3C)c3ccccc23)cc1. The Balaban J connectivity index is 1.55. The summed E-state index contributed by atoms with van der Waals surface area (Å²) in [4.78, 5) is 9.28. The first-order valence-corrected chi connectivity index (χ1v) is 12.7. The molecule has 0 aliphatic carbocycles. The van der Waals surface area contributed by atoms with Crippen LogP contribution < -0.4 is 4.74 Å². The van der Waals surface area contributed by atoms with Gasteiger partial charge in [0, 0.05) is 25.9 Å². The Labute approximate surface area is 197 Å². The Morgan fingerprint density at radius 1 is 0.781 bits per heavy atom. The molecule has 4 heterocycles. The number of methoxy groups -OCH3 is 1. The van der Waals surface area contributed by atoms with Crippen molar-refractivity contribution in [2.75, 3.05) is 7.11 Å². The maximum Gasteiger partial charge on any atom is 0.181 e. The van der Waals surface area contributed by atoms with E-state index in [2.05, 4.69) is 55.2 Å². The van der Waals surface area contributed by atoms with Crippen LogP contribution in [0.5, 0.6) is 5.75 Å². The lowest BCUT2D eigenvalue weighted by Crippen LogP contribution is -1.81. The summed E-state index contributed by atoms with van der Waals surface area (Å²) in [5.41, 5.74) is 3.84. The Bertz CT molecular complexity index is 1570. The Morgan fingerprint density at radius 3 is 2.12 bits per heavy atom. The third kappa shape index (κ3) is 2.94. The number of rotatable bonds is 4. The van der Waals surface area contributed by atoms with Gasteiger partial charge in [0.15, 0.2) is 12.2 Å². The van der Waals surface area contributed by atoms with Gasteiger partial charge in [-0.1, -0.05) is 24.3 Å². The van der Waals surface area contributed by atoms with Crippen molar-refractivity contribution in [3.05, 3.63) is 72.2 Å². The summed E-state index contributed by atoms with van der Waals surface area (Å²) in [6.45, 7) is 4.44. The van der Waals surface area contributed by atoms with Gasteiger partial charge in [-0.3, -0.25) is 0 Å². The monoisotopic (exact) mass is 473 g/mol. The molecule has 0 radical (unpaired) electrons. The van der Waals surface area contributed by atoms with Crippen molar-refractivity contribution in [3.63, 3.8) is 0 Å². The minimum absolute atomic E-state index is 0.847. The van der Waals surface area contributed by atoms with E-state index in [1.807, 2.05) is 34.8 Å². The summed E-state index contributed by atoms with van der Waals surface area (Å²) in [6, 6.07) is 17.1. The van der Waals surface area contributed by atoms with Crippen LogP contribution in [0.25, 0.3) is 51.0 Å². The summed E-state index contributed by atoms with van der Waals surface area (Å²) in [5, 5.41) is 3.96. The molecule has 0 amide bonds. The van der Waals surface area contributed by atoms with Crippen LogP contribution in [-0.2, 0) is 0 Å². The van der Waals surface area contributed by atoms with Gasteiger partial charge in [0.1, 0.15) is 5.75 Å². The highest BCUT2D eigenvalue weighted by molar-refractivity contribution is 7.42. The molecule has 0 aliphatic heterocycles. The third-order valence-corrected chi connectivity index (χ3v) is 9.98. The minimum Gasteiger partial charge on any atom is -0.497 e. The standard InChI is InChI=1S/C26H19NO2S3/c1-14-21-15(2)23(32-26(21)31-22(14)20-12-27-13-29-20)25-19-7-5-4-6-18(19)24(30-25)16-8-10-17(28-3)11-9-16/h4-13H,1-3H3. The lowest BCUT2D eigenvalue weighted by atomic mass is 10.0. The van der Waals surface area contributed by atoms with Crippen molar-refractivity contribution in [3.8, 4) is 36.6 Å².